The van der Waals surface area contributed by atoms with Gasteiger partial charge in [-0.05, 0) is 62.4 Å². The Balaban J connectivity index is 1.59. The number of urea groups is 1. The number of rotatable bonds is 8. The number of hydrogen-bond acceptors (Lipinski definition) is 3. The van der Waals surface area contributed by atoms with Gasteiger partial charge in [0.15, 0.2) is 0 Å². The van der Waals surface area contributed by atoms with Crippen molar-refractivity contribution >= 4 is 11.7 Å². The zero-order chi connectivity index (χ0) is 17.4. The molecule has 1 aliphatic heterocycles. The fourth-order valence-electron chi connectivity index (χ4n) is 3.16. The molecule has 1 aromatic carbocycles. The molecule has 1 fully saturated rings. The van der Waals surface area contributed by atoms with Gasteiger partial charge in [-0.1, -0.05) is 26.0 Å². The summed E-state index contributed by atoms with van der Waals surface area (Å²) in [6, 6.07) is 8.17. The van der Waals surface area contributed by atoms with Crippen LogP contribution in [0, 0.1) is 0 Å². The van der Waals surface area contributed by atoms with Crippen LogP contribution < -0.4 is 10.6 Å². The number of carbonyl (C=O) groups excluding carboxylic acids is 1. The molecular weight excluding hydrogens is 302 g/mol. The van der Waals surface area contributed by atoms with E-state index in [1.807, 2.05) is 24.3 Å². The zero-order valence-corrected chi connectivity index (χ0v) is 14.9. The highest BCUT2D eigenvalue weighted by Gasteiger charge is 2.22. The van der Waals surface area contributed by atoms with Crippen molar-refractivity contribution in [2.75, 3.05) is 31.6 Å². The van der Waals surface area contributed by atoms with E-state index in [1.54, 1.807) is 0 Å². The van der Waals surface area contributed by atoms with Crippen LogP contribution in [0.4, 0.5) is 10.5 Å². The number of nitrogens with one attached hydrogen (secondary N) is 2. The second-order valence-electron chi connectivity index (χ2n) is 6.88. The molecule has 2 amide bonds. The van der Waals surface area contributed by atoms with Crippen LogP contribution in [0.1, 0.15) is 51.0 Å². The van der Waals surface area contributed by atoms with Crippen molar-refractivity contribution in [2.24, 2.45) is 0 Å². The normalized spacial score (nSPS) is 18.1. The smallest absolute Gasteiger partial charge is 0.319 e. The van der Waals surface area contributed by atoms with E-state index >= 15 is 0 Å². The summed E-state index contributed by atoms with van der Waals surface area (Å²) in [6.45, 7) is 7.33. The predicted molar refractivity (Wildman–Crippen MR) is 98.5 cm³/mol. The third kappa shape index (κ3) is 5.80. The van der Waals surface area contributed by atoms with Gasteiger partial charge in [0.05, 0.1) is 6.61 Å². The molecule has 5 nitrogen and oxygen atoms in total. The lowest BCUT2D eigenvalue weighted by molar-refractivity contribution is 0.157. The Morgan fingerprint density at radius 2 is 2.04 bits per heavy atom. The summed E-state index contributed by atoms with van der Waals surface area (Å²) < 4.78 is 0. The molecule has 3 N–H and O–H groups in total. The number of hydrogen-bond donors (Lipinski definition) is 3. The fraction of sp³-hybridized carbons (Fsp3) is 0.632. The highest BCUT2D eigenvalue weighted by Crippen LogP contribution is 2.17. The number of carbonyl (C=O) groups is 1. The Labute approximate surface area is 145 Å². The maximum absolute atomic E-state index is 11.9. The topological polar surface area (TPSA) is 64.6 Å². The summed E-state index contributed by atoms with van der Waals surface area (Å²) in [5, 5.41) is 15.1. The number of aliphatic hydroxyl groups is 1. The van der Waals surface area contributed by atoms with Crippen LogP contribution in [-0.2, 0) is 0 Å². The van der Waals surface area contributed by atoms with Crippen molar-refractivity contribution in [3.05, 3.63) is 29.8 Å². The fourth-order valence-corrected chi connectivity index (χ4v) is 3.16. The molecule has 0 aliphatic carbocycles. The van der Waals surface area contributed by atoms with Crippen LogP contribution in [0.15, 0.2) is 24.3 Å². The van der Waals surface area contributed by atoms with Crippen LogP contribution in [0.2, 0.25) is 0 Å². The Morgan fingerprint density at radius 3 is 2.71 bits per heavy atom. The highest BCUT2D eigenvalue weighted by molar-refractivity contribution is 5.89. The predicted octanol–water partition coefficient (Wildman–Crippen LogP) is 3.17. The molecule has 24 heavy (non-hydrogen) atoms. The molecule has 0 aromatic heterocycles. The van der Waals surface area contributed by atoms with Crippen molar-refractivity contribution in [3.8, 4) is 0 Å². The van der Waals surface area contributed by atoms with Gasteiger partial charge in [-0.3, -0.25) is 4.90 Å². The molecule has 5 heteroatoms. The number of likely N-dealkylation sites (tertiary alicyclic amines) is 1. The van der Waals surface area contributed by atoms with Gasteiger partial charge in [-0.2, -0.15) is 0 Å². The Kier molecular flexibility index (Phi) is 7.53. The average Bonchev–Trinajstić information content (AvgIpc) is 3.02. The van der Waals surface area contributed by atoms with Gasteiger partial charge in [-0.15, -0.1) is 0 Å². The van der Waals surface area contributed by atoms with Gasteiger partial charge in [0, 0.05) is 18.3 Å². The summed E-state index contributed by atoms with van der Waals surface area (Å²) >= 11 is 0. The first-order valence-electron chi connectivity index (χ1n) is 9.10. The number of aliphatic hydroxyl groups excluding tert-OH is 1. The van der Waals surface area contributed by atoms with E-state index in [1.165, 1.54) is 12.0 Å². The van der Waals surface area contributed by atoms with Gasteiger partial charge >= 0.3 is 6.03 Å². The average molecular weight is 333 g/mol. The molecule has 1 aromatic rings. The zero-order valence-electron chi connectivity index (χ0n) is 14.9. The lowest BCUT2D eigenvalue weighted by Gasteiger charge is -2.22. The molecule has 0 saturated carbocycles. The summed E-state index contributed by atoms with van der Waals surface area (Å²) in [7, 11) is 0. The van der Waals surface area contributed by atoms with Crippen molar-refractivity contribution in [1.82, 2.24) is 10.2 Å². The van der Waals surface area contributed by atoms with E-state index in [0.29, 0.717) is 18.5 Å². The number of benzene rings is 1. The largest absolute Gasteiger partial charge is 0.395 e. The van der Waals surface area contributed by atoms with Gasteiger partial charge in [-0.25, -0.2) is 4.79 Å². The van der Waals surface area contributed by atoms with Crippen LogP contribution >= 0.6 is 0 Å². The Bertz CT molecular complexity index is 502. The second-order valence-corrected chi connectivity index (χ2v) is 6.88. The van der Waals surface area contributed by atoms with Crippen LogP contribution in [0.3, 0.4) is 0 Å². The van der Waals surface area contributed by atoms with E-state index in [2.05, 4.69) is 29.4 Å². The van der Waals surface area contributed by atoms with E-state index in [-0.39, 0.29) is 12.6 Å². The van der Waals surface area contributed by atoms with E-state index in [4.69, 9.17) is 0 Å². The molecule has 1 aliphatic rings. The number of unbranched alkanes of at least 4 members (excludes halogenated alkanes) is 1. The SMILES string of the molecule is CC(C)c1ccc(NC(=O)NCCCCN2CCCC2CO)cc1. The number of nitrogens with zero attached hydrogens (tertiary/aromatic N) is 1. The highest BCUT2D eigenvalue weighted by atomic mass is 16.3. The first-order valence-corrected chi connectivity index (χ1v) is 9.10. The maximum Gasteiger partial charge on any atom is 0.319 e. The van der Waals surface area contributed by atoms with E-state index < -0.39 is 0 Å². The minimum atomic E-state index is -0.151. The standard InChI is InChI=1S/C19H31N3O2/c1-15(2)16-7-9-17(10-8-16)21-19(24)20-11-3-4-12-22-13-5-6-18(22)14-23/h7-10,15,18,23H,3-6,11-14H2,1-2H3,(H2,20,21,24). The third-order valence-electron chi connectivity index (χ3n) is 4.70. The first-order chi connectivity index (χ1) is 11.6. The molecule has 134 valence electrons. The van der Waals surface area contributed by atoms with Crippen molar-refractivity contribution in [1.29, 1.82) is 0 Å². The third-order valence-corrected chi connectivity index (χ3v) is 4.70. The minimum absolute atomic E-state index is 0.151. The lowest BCUT2D eigenvalue weighted by atomic mass is 10.0. The second kappa shape index (κ2) is 9.64. The van der Waals surface area contributed by atoms with Crippen molar-refractivity contribution in [2.45, 2.75) is 51.5 Å². The van der Waals surface area contributed by atoms with E-state index in [9.17, 15) is 9.90 Å². The van der Waals surface area contributed by atoms with Crippen molar-refractivity contribution in [3.63, 3.8) is 0 Å². The maximum atomic E-state index is 11.9. The molecular formula is C19H31N3O2. The van der Waals surface area contributed by atoms with Gasteiger partial charge in [0.25, 0.3) is 0 Å². The Hall–Kier alpha value is -1.59. The first kappa shape index (κ1) is 18.7. The monoisotopic (exact) mass is 333 g/mol. The van der Waals surface area contributed by atoms with Gasteiger partial charge in [0.2, 0.25) is 0 Å². The molecule has 1 heterocycles. The van der Waals surface area contributed by atoms with E-state index in [0.717, 1.165) is 38.0 Å². The number of amides is 2. The molecule has 0 bridgehead atoms. The molecule has 1 unspecified atom stereocenters. The summed E-state index contributed by atoms with van der Waals surface area (Å²) in [6.07, 6.45) is 4.28. The van der Waals surface area contributed by atoms with Crippen LogP contribution in [0.25, 0.3) is 0 Å². The molecule has 0 radical (unpaired) electrons. The Morgan fingerprint density at radius 1 is 1.29 bits per heavy atom. The molecule has 1 saturated heterocycles. The quantitative estimate of drug-likeness (QED) is 0.640. The van der Waals surface area contributed by atoms with Gasteiger partial charge in [0.1, 0.15) is 0 Å². The molecule has 1 atom stereocenters. The number of anilines is 1. The van der Waals surface area contributed by atoms with Crippen LogP contribution in [-0.4, -0.2) is 48.3 Å². The molecule has 2 rings (SSSR count). The van der Waals surface area contributed by atoms with Crippen LogP contribution in [0.5, 0.6) is 0 Å². The summed E-state index contributed by atoms with van der Waals surface area (Å²) in [4.78, 5) is 14.2. The summed E-state index contributed by atoms with van der Waals surface area (Å²) in [5.74, 6) is 0.494. The minimum Gasteiger partial charge on any atom is -0.395 e. The molecule has 0 spiro atoms. The summed E-state index contributed by atoms with van der Waals surface area (Å²) in [5.41, 5.74) is 2.09. The van der Waals surface area contributed by atoms with Gasteiger partial charge < -0.3 is 15.7 Å². The van der Waals surface area contributed by atoms with Crippen molar-refractivity contribution < 1.29 is 9.90 Å². The lowest BCUT2D eigenvalue weighted by Crippen LogP contribution is -2.34.